The molecule has 0 unspecified atom stereocenters. The van der Waals surface area contributed by atoms with E-state index in [9.17, 15) is 4.79 Å². The molecule has 2 aromatic heterocycles. The molecule has 0 bridgehead atoms. The summed E-state index contributed by atoms with van der Waals surface area (Å²) in [5.74, 6) is 0.608. The van der Waals surface area contributed by atoms with Gasteiger partial charge in [-0.2, -0.15) is 0 Å². The van der Waals surface area contributed by atoms with Gasteiger partial charge in [-0.3, -0.25) is 14.8 Å². The molecule has 2 aromatic rings. The van der Waals surface area contributed by atoms with E-state index in [0.717, 1.165) is 32.5 Å². The predicted octanol–water partition coefficient (Wildman–Crippen LogP) is 1.30. The van der Waals surface area contributed by atoms with Crippen LogP contribution in [0.3, 0.4) is 0 Å². The van der Waals surface area contributed by atoms with Crippen LogP contribution < -0.4 is 16.0 Å². The first kappa shape index (κ1) is 15.2. The van der Waals surface area contributed by atoms with Crippen LogP contribution in [0, 0.1) is 5.92 Å². The molecule has 1 aliphatic heterocycles. The van der Waals surface area contributed by atoms with Gasteiger partial charge in [0.1, 0.15) is 11.5 Å². The molecule has 3 heterocycles. The number of piperidine rings is 1. The molecule has 0 aromatic carbocycles. The zero-order valence-electron chi connectivity index (χ0n) is 12.9. The minimum atomic E-state index is -0.563. The average molecular weight is 312 g/mol. The standard InChI is InChI=1S/C16H20N6O/c17-16(23)14-10-19-11-15(21-14)20-9-12-3-7-22(8-4-12)13-1-5-18-6-2-13/h1-2,5-6,10-12H,3-4,7-9H2,(H2,17,23)(H,20,21). The second-order valence-corrected chi connectivity index (χ2v) is 5.67. The number of hydrogen-bond donors (Lipinski definition) is 2. The first-order chi connectivity index (χ1) is 11.2. The summed E-state index contributed by atoms with van der Waals surface area (Å²) in [7, 11) is 0. The second kappa shape index (κ2) is 7.04. The topological polar surface area (TPSA) is 97.0 Å². The molecule has 3 N–H and O–H groups in total. The fourth-order valence-corrected chi connectivity index (χ4v) is 2.77. The van der Waals surface area contributed by atoms with Gasteiger partial charge in [-0.05, 0) is 30.9 Å². The van der Waals surface area contributed by atoms with E-state index in [2.05, 4.69) is 25.2 Å². The molecule has 3 rings (SSSR count). The number of primary amides is 1. The number of nitrogens with zero attached hydrogens (tertiary/aromatic N) is 4. The molecule has 120 valence electrons. The van der Waals surface area contributed by atoms with Gasteiger partial charge < -0.3 is 16.0 Å². The van der Waals surface area contributed by atoms with Gasteiger partial charge in [-0.25, -0.2) is 4.98 Å². The van der Waals surface area contributed by atoms with E-state index in [1.807, 2.05) is 24.5 Å². The lowest BCUT2D eigenvalue weighted by molar-refractivity contribution is 0.0995. The monoisotopic (exact) mass is 312 g/mol. The summed E-state index contributed by atoms with van der Waals surface area (Å²) in [6.45, 7) is 2.88. The quantitative estimate of drug-likeness (QED) is 0.863. The highest BCUT2D eigenvalue weighted by Gasteiger charge is 2.19. The lowest BCUT2D eigenvalue weighted by Crippen LogP contribution is -2.35. The van der Waals surface area contributed by atoms with Gasteiger partial charge in [0.25, 0.3) is 5.91 Å². The molecule has 1 aliphatic rings. The van der Waals surface area contributed by atoms with Crippen LogP contribution in [0.4, 0.5) is 11.5 Å². The minimum Gasteiger partial charge on any atom is -0.371 e. The van der Waals surface area contributed by atoms with Crippen LogP contribution >= 0.6 is 0 Å². The van der Waals surface area contributed by atoms with Crippen molar-refractivity contribution in [1.29, 1.82) is 0 Å². The zero-order valence-corrected chi connectivity index (χ0v) is 12.9. The summed E-state index contributed by atoms with van der Waals surface area (Å²) in [4.78, 5) is 25.7. The number of rotatable bonds is 5. The number of pyridine rings is 1. The summed E-state index contributed by atoms with van der Waals surface area (Å²) in [6.07, 6.45) is 8.86. The number of carbonyl (C=O) groups excluding carboxylic acids is 1. The van der Waals surface area contributed by atoms with Crippen molar-refractivity contribution in [3.05, 3.63) is 42.6 Å². The maximum Gasteiger partial charge on any atom is 0.268 e. The van der Waals surface area contributed by atoms with Crippen LogP contribution in [0.2, 0.25) is 0 Å². The lowest BCUT2D eigenvalue weighted by Gasteiger charge is -2.33. The second-order valence-electron chi connectivity index (χ2n) is 5.67. The molecule has 0 atom stereocenters. The highest BCUT2D eigenvalue weighted by molar-refractivity contribution is 5.90. The molecule has 0 aliphatic carbocycles. The van der Waals surface area contributed by atoms with Crippen LogP contribution in [0.15, 0.2) is 36.9 Å². The zero-order chi connectivity index (χ0) is 16.1. The van der Waals surface area contributed by atoms with Crippen LogP contribution in [0.25, 0.3) is 0 Å². The number of nitrogens with two attached hydrogens (primary N) is 1. The maximum atomic E-state index is 11.1. The summed E-state index contributed by atoms with van der Waals surface area (Å²) >= 11 is 0. The highest BCUT2D eigenvalue weighted by atomic mass is 16.1. The van der Waals surface area contributed by atoms with Crippen molar-refractivity contribution in [3.8, 4) is 0 Å². The fourth-order valence-electron chi connectivity index (χ4n) is 2.77. The Balaban J connectivity index is 1.49. The van der Waals surface area contributed by atoms with Crippen molar-refractivity contribution in [2.24, 2.45) is 11.7 Å². The van der Waals surface area contributed by atoms with Crippen molar-refractivity contribution in [2.45, 2.75) is 12.8 Å². The van der Waals surface area contributed by atoms with E-state index >= 15 is 0 Å². The molecule has 0 spiro atoms. The third-order valence-electron chi connectivity index (χ3n) is 4.10. The number of amides is 1. The molecule has 0 radical (unpaired) electrons. The Bertz CT molecular complexity index is 655. The largest absolute Gasteiger partial charge is 0.371 e. The first-order valence-corrected chi connectivity index (χ1v) is 7.73. The lowest BCUT2D eigenvalue weighted by atomic mass is 9.96. The predicted molar refractivity (Wildman–Crippen MR) is 88.2 cm³/mol. The summed E-state index contributed by atoms with van der Waals surface area (Å²) in [5.41, 5.74) is 6.62. The van der Waals surface area contributed by atoms with E-state index in [0.29, 0.717) is 11.7 Å². The molecule has 1 fully saturated rings. The van der Waals surface area contributed by atoms with Gasteiger partial charge in [-0.1, -0.05) is 0 Å². The molecular weight excluding hydrogens is 292 g/mol. The summed E-state index contributed by atoms with van der Waals surface area (Å²) in [5, 5.41) is 3.25. The Morgan fingerprint density at radius 2 is 1.96 bits per heavy atom. The van der Waals surface area contributed by atoms with Crippen molar-refractivity contribution in [3.63, 3.8) is 0 Å². The molecule has 1 saturated heterocycles. The molecule has 1 amide bonds. The van der Waals surface area contributed by atoms with Gasteiger partial charge in [-0.15, -0.1) is 0 Å². The fraction of sp³-hybridized carbons (Fsp3) is 0.375. The average Bonchev–Trinajstić information content (AvgIpc) is 2.61. The number of nitrogens with one attached hydrogen (secondary N) is 1. The Hall–Kier alpha value is -2.70. The Kier molecular flexibility index (Phi) is 4.65. The van der Waals surface area contributed by atoms with E-state index in [1.165, 1.54) is 11.9 Å². The van der Waals surface area contributed by atoms with Gasteiger partial charge >= 0.3 is 0 Å². The van der Waals surface area contributed by atoms with E-state index in [-0.39, 0.29) is 5.69 Å². The number of aromatic nitrogens is 3. The third kappa shape index (κ3) is 3.94. The minimum absolute atomic E-state index is 0.183. The van der Waals surface area contributed by atoms with E-state index < -0.39 is 5.91 Å². The van der Waals surface area contributed by atoms with Crippen LogP contribution in [-0.2, 0) is 0 Å². The van der Waals surface area contributed by atoms with Gasteiger partial charge in [0.05, 0.1) is 12.4 Å². The number of hydrogen-bond acceptors (Lipinski definition) is 6. The smallest absolute Gasteiger partial charge is 0.268 e. The van der Waals surface area contributed by atoms with Gasteiger partial charge in [0.15, 0.2) is 0 Å². The molecule has 0 saturated carbocycles. The van der Waals surface area contributed by atoms with Gasteiger partial charge in [0.2, 0.25) is 0 Å². The van der Waals surface area contributed by atoms with Crippen molar-refractivity contribution >= 4 is 17.4 Å². The van der Waals surface area contributed by atoms with E-state index in [4.69, 9.17) is 5.73 Å². The number of carbonyl (C=O) groups is 1. The van der Waals surface area contributed by atoms with Gasteiger partial charge in [0, 0.05) is 37.7 Å². The first-order valence-electron chi connectivity index (χ1n) is 7.73. The molecule has 23 heavy (non-hydrogen) atoms. The van der Waals surface area contributed by atoms with Crippen LogP contribution in [0.5, 0.6) is 0 Å². The van der Waals surface area contributed by atoms with Crippen molar-refractivity contribution in [1.82, 2.24) is 15.0 Å². The van der Waals surface area contributed by atoms with E-state index in [1.54, 1.807) is 6.20 Å². The normalized spacial score (nSPS) is 15.4. The summed E-state index contributed by atoms with van der Waals surface area (Å²) < 4.78 is 0. The Morgan fingerprint density at radius 1 is 1.22 bits per heavy atom. The molecule has 7 heteroatoms. The summed E-state index contributed by atoms with van der Waals surface area (Å²) in [6, 6.07) is 4.09. The third-order valence-corrected chi connectivity index (χ3v) is 4.10. The van der Waals surface area contributed by atoms with Crippen molar-refractivity contribution < 1.29 is 4.79 Å². The Morgan fingerprint density at radius 3 is 2.65 bits per heavy atom. The highest BCUT2D eigenvalue weighted by Crippen LogP contribution is 2.22. The van der Waals surface area contributed by atoms with Crippen molar-refractivity contribution in [2.75, 3.05) is 29.9 Å². The molecular formula is C16H20N6O. The maximum absolute atomic E-state index is 11.1. The van der Waals surface area contributed by atoms with Crippen LogP contribution in [0.1, 0.15) is 23.3 Å². The molecule has 7 nitrogen and oxygen atoms in total. The Labute approximate surface area is 135 Å². The van der Waals surface area contributed by atoms with Crippen LogP contribution in [-0.4, -0.2) is 40.5 Å². The SMILES string of the molecule is NC(=O)c1cncc(NCC2CCN(c3ccncc3)CC2)n1. The number of anilines is 2.